The Labute approximate surface area is 229 Å². The van der Waals surface area contributed by atoms with Crippen molar-refractivity contribution in [3.63, 3.8) is 0 Å². The number of carbonyl (C=O) groups is 2. The Balaban J connectivity index is 1.28. The van der Waals surface area contributed by atoms with Crippen LogP contribution in [0.4, 0.5) is 10.5 Å². The molecule has 1 N–H and O–H groups in total. The standard InChI is InChI=1S/C32H35N3O4/c1-22-9-5-6-10-25(22)30(36)33-27-12-8-7-11-26(27)29-20-24-19-23(13-14-28(24)38-29)21-34-15-17-35(18-16-34)31(37)39-32(2,3)4/h5-14,19-20H,15-18,21H2,1-4H3,(H,33,36). The Morgan fingerprint density at radius 2 is 1.64 bits per heavy atom. The summed E-state index contributed by atoms with van der Waals surface area (Å²) in [7, 11) is 0. The van der Waals surface area contributed by atoms with Crippen molar-refractivity contribution in [2.45, 2.75) is 39.8 Å². The molecule has 4 aromatic rings. The number of rotatable bonds is 5. The first-order valence-electron chi connectivity index (χ1n) is 13.4. The minimum absolute atomic E-state index is 0.147. The minimum Gasteiger partial charge on any atom is -0.456 e. The van der Waals surface area contributed by atoms with Gasteiger partial charge in [0.2, 0.25) is 0 Å². The van der Waals surface area contributed by atoms with E-state index in [0.717, 1.165) is 41.7 Å². The van der Waals surface area contributed by atoms with Crippen molar-refractivity contribution in [3.05, 3.63) is 89.5 Å². The third-order valence-corrected chi connectivity index (χ3v) is 6.84. The van der Waals surface area contributed by atoms with Crippen LogP contribution in [0.15, 0.2) is 77.2 Å². The third-order valence-electron chi connectivity index (χ3n) is 6.84. The number of benzene rings is 3. The van der Waals surface area contributed by atoms with Crippen molar-refractivity contribution >= 4 is 28.7 Å². The number of furan rings is 1. The molecule has 0 bridgehead atoms. The minimum atomic E-state index is -0.486. The number of carbonyl (C=O) groups excluding carboxylic acids is 2. The Morgan fingerprint density at radius 3 is 2.38 bits per heavy atom. The molecule has 0 spiro atoms. The quantitative estimate of drug-likeness (QED) is 0.313. The van der Waals surface area contributed by atoms with Crippen LogP contribution in [0.25, 0.3) is 22.3 Å². The topological polar surface area (TPSA) is 75.0 Å². The number of hydrogen-bond donors (Lipinski definition) is 1. The van der Waals surface area contributed by atoms with Gasteiger partial charge in [0.1, 0.15) is 16.9 Å². The fourth-order valence-electron chi connectivity index (χ4n) is 4.82. The molecule has 2 amide bonds. The Bertz CT molecular complexity index is 1490. The van der Waals surface area contributed by atoms with Crippen molar-refractivity contribution in [3.8, 4) is 11.3 Å². The average molecular weight is 526 g/mol. The van der Waals surface area contributed by atoms with Gasteiger partial charge in [0.05, 0.1) is 5.69 Å². The molecule has 1 aromatic heterocycles. The summed E-state index contributed by atoms with van der Waals surface area (Å²) < 4.78 is 11.7. The van der Waals surface area contributed by atoms with E-state index in [2.05, 4.69) is 22.3 Å². The zero-order chi connectivity index (χ0) is 27.6. The molecule has 0 unspecified atom stereocenters. The lowest BCUT2D eigenvalue weighted by Gasteiger charge is -2.35. The molecule has 0 aliphatic carbocycles. The molecule has 39 heavy (non-hydrogen) atoms. The normalized spacial score (nSPS) is 14.4. The summed E-state index contributed by atoms with van der Waals surface area (Å²) >= 11 is 0. The summed E-state index contributed by atoms with van der Waals surface area (Å²) in [6.45, 7) is 11.3. The number of piperazine rings is 1. The van der Waals surface area contributed by atoms with E-state index >= 15 is 0 Å². The molecule has 0 atom stereocenters. The molecule has 1 saturated heterocycles. The number of nitrogens with one attached hydrogen (secondary N) is 1. The van der Waals surface area contributed by atoms with Crippen LogP contribution in [0.3, 0.4) is 0 Å². The van der Waals surface area contributed by atoms with E-state index < -0.39 is 5.60 Å². The van der Waals surface area contributed by atoms with Crippen LogP contribution in [0.5, 0.6) is 0 Å². The van der Waals surface area contributed by atoms with Crippen molar-refractivity contribution in [2.24, 2.45) is 0 Å². The van der Waals surface area contributed by atoms with Gasteiger partial charge in [-0.25, -0.2) is 4.79 Å². The van der Waals surface area contributed by atoms with Crippen molar-refractivity contribution in [2.75, 3.05) is 31.5 Å². The molecule has 0 radical (unpaired) electrons. The first-order chi connectivity index (χ1) is 18.7. The van der Waals surface area contributed by atoms with E-state index in [1.165, 1.54) is 5.56 Å². The number of amides is 2. The second-order valence-electron chi connectivity index (χ2n) is 11.0. The second kappa shape index (κ2) is 10.9. The van der Waals surface area contributed by atoms with Gasteiger partial charge >= 0.3 is 6.09 Å². The third kappa shape index (κ3) is 6.32. The van der Waals surface area contributed by atoms with Gasteiger partial charge in [-0.15, -0.1) is 0 Å². The maximum absolute atomic E-state index is 13.0. The zero-order valence-corrected chi connectivity index (χ0v) is 23.0. The van der Waals surface area contributed by atoms with E-state index in [1.807, 2.05) is 88.4 Å². The number of nitrogens with zero attached hydrogens (tertiary/aromatic N) is 2. The van der Waals surface area contributed by atoms with Gasteiger partial charge in [0, 0.05) is 49.2 Å². The highest BCUT2D eigenvalue weighted by atomic mass is 16.6. The molecule has 7 heteroatoms. The molecular weight excluding hydrogens is 490 g/mol. The lowest BCUT2D eigenvalue weighted by Crippen LogP contribution is -2.49. The number of ether oxygens (including phenoxy) is 1. The summed E-state index contributed by atoms with van der Waals surface area (Å²) in [6, 6.07) is 23.5. The molecular formula is C32H35N3O4. The van der Waals surface area contributed by atoms with Crippen molar-refractivity contribution < 1.29 is 18.7 Å². The number of hydrogen-bond acceptors (Lipinski definition) is 5. The lowest BCUT2D eigenvalue weighted by atomic mass is 10.1. The number of anilines is 1. The maximum Gasteiger partial charge on any atom is 0.410 e. The zero-order valence-electron chi connectivity index (χ0n) is 23.0. The van der Waals surface area contributed by atoms with E-state index in [-0.39, 0.29) is 12.0 Å². The van der Waals surface area contributed by atoms with E-state index in [4.69, 9.17) is 9.15 Å². The summed E-state index contributed by atoms with van der Waals surface area (Å²) in [6.07, 6.45) is -0.245. The summed E-state index contributed by atoms with van der Waals surface area (Å²) in [5.74, 6) is 0.555. The molecule has 3 aromatic carbocycles. The number of fused-ring (bicyclic) bond motifs is 1. The maximum atomic E-state index is 13.0. The van der Waals surface area contributed by atoms with Gasteiger partial charge in [-0.3, -0.25) is 9.69 Å². The van der Waals surface area contributed by atoms with Crippen LogP contribution in [0.1, 0.15) is 42.3 Å². The van der Waals surface area contributed by atoms with E-state index in [9.17, 15) is 9.59 Å². The molecule has 0 saturated carbocycles. The van der Waals surface area contributed by atoms with Gasteiger partial charge in [-0.2, -0.15) is 0 Å². The SMILES string of the molecule is Cc1ccccc1C(=O)Nc1ccccc1-c1cc2cc(CN3CCN(C(=O)OC(C)(C)C)CC3)ccc2o1. The van der Waals surface area contributed by atoms with E-state index in [0.29, 0.717) is 30.1 Å². The Morgan fingerprint density at radius 1 is 0.923 bits per heavy atom. The van der Waals surface area contributed by atoms with Gasteiger partial charge in [0.15, 0.2) is 0 Å². The molecule has 7 nitrogen and oxygen atoms in total. The van der Waals surface area contributed by atoms with Crippen LogP contribution in [-0.4, -0.2) is 53.6 Å². The monoisotopic (exact) mass is 525 g/mol. The van der Waals surface area contributed by atoms with Crippen LogP contribution < -0.4 is 5.32 Å². The molecule has 1 aliphatic heterocycles. The fourth-order valence-corrected chi connectivity index (χ4v) is 4.82. The Hall–Kier alpha value is -4.10. The predicted octanol–water partition coefficient (Wildman–Crippen LogP) is 6.71. The summed E-state index contributed by atoms with van der Waals surface area (Å²) in [5, 5.41) is 4.07. The smallest absolute Gasteiger partial charge is 0.410 e. The molecule has 5 rings (SSSR count). The average Bonchev–Trinajstić information content (AvgIpc) is 3.32. The highest BCUT2D eigenvalue weighted by molar-refractivity contribution is 6.07. The van der Waals surface area contributed by atoms with Crippen LogP contribution in [-0.2, 0) is 11.3 Å². The number of para-hydroxylation sites is 1. The molecule has 202 valence electrons. The van der Waals surface area contributed by atoms with Crippen LogP contribution >= 0.6 is 0 Å². The predicted molar refractivity (Wildman–Crippen MR) is 154 cm³/mol. The van der Waals surface area contributed by atoms with Crippen molar-refractivity contribution in [1.82, 2.24) is 9.80 Å². The highest BCUT2D eigenvalue weighted by Crippen LogP contribution is 2.33. The molecule has 1 fully saturated rings. The molecule has 1 aliphatic rings. The first kappa shape index (κ1) is 26.5. The van der Waals surface area contributed by atoms with Gasteiger partial charge in [-0.1, -0.05) is 36.4 Å². The summed E-state index contributed by atoms with van der Waals surface area (Å²) in [4.78, 5) is 29.5. The highest BCUT2D eigenvalue weighted by Gasteiger charge is 2.26. The molecule has 2 heterocycles. The van der Waals surface area contributed by atoms with Crippen LogP contribution in [0.2, 0.25) is 0 Å². The van der Waals surface area contributed by atoms with Gasteiger partial charge in [-0.05, 0) is 75.2 Å². The fraction of sp³-hybridized carbons (Fsp3) is 0.312. The number of aryl methyl sites for hydroxylation is 1. The van der Waals surface area contributed by atoms with Crippen LogP contribution in [0, 0.1) is 6.92 Å². The lowest BCUT2D eigenvalue weighted by molar-refractivity contribution is 0.0139. The summed E-state index contributed by atoms with van der Waals surface area (Å²) in [5.41, 5.74) is 4.59. The first-order valence-corrected chi connectivity index (χ1v) is 13.4. The Kier molecular flexibility index (Phi) is 7.44. The van der Waals surface area contributed by atoms with E-state index in [1.54, 1.807) is 4.90 Å². The van der Waals surface area contributed by atoms with Gasteiger partial charge < -0.3 is 19.4 Å². The second-order valence-corrected chi connectivity index (χ2v) is 11.0. The largest absolute Gasteiger partial charge is 0.456 e. The van der Waals surface area contributed by atoms with Crippen molar-refractivity contribution in [1.29, 1.82) is 0 Å². The van der Waals surface area contributed by atoms with Gasteiger partial charge in [0.25, 0.3) is 5.91 Å².